The number of anilines is 1. The summed E-state index contributed by atoms with van der Waals surface area (Å²) in [4.78, 5) is 25.5. The van der Waals surface area contributed by atoms with E-state index in [9.17, 15) is 4.79 Å². The van der Waals surface area contributed by atoms with Crippen molar-refractivity contribution in [2.24, 2.45) is 0 Å². The van der Waals surface area contributed by atoms with Crippen LogP contribution >= 0.6 is 11.6 Å². The Morgan fingerprint density at radius 1 is 0.886 bits per heavy atom. The van der Waals surface area contributed by atoms with Gasteiger partial charge in [-0.3, -0.25) is 14.7 Å². The van der Waals surface area contributed by atoms with Crippen molar-refractivity contribution < 1.29 is 0 Å². The SMILES string of the molecule is Cc1nc(N2CCN(C(c3ccccc3)c3ccccc3)CC2)[nH]c(=O)c1Cc1cccc(Cl)c1. The summed E-state index contributed by atoms with van der Waals surface area (Å²) in [6, 6.07) is 29.1. The van der Waals surface area contributed by atoms with E-state index in [4.69, 9.17) is 16.6 Å². The van der Waals surface area contributed by atoms with Crippen molar-refractivity contribution in [3.05, 3.63) is 128 Å². The molecular formula is C29H29ClN4O. The lowest BCUT2D eigenvalue weighted by molar-refractivity contribution is 0.211. The molecule has 178 valence electrons. The summed E-state index contributed by atoms with van der Waals surface area (Å²) < 4.78 is 0. The quantitative estimate of drug-likeness (QED) is 0.407. The van der Waals surface area contributed by atoms with E-state index in [-0.39, 0.29) is 11.6 Å². The molecule has 5 rings (SSSR count). The molecule has 4 aromatic rings. The maximum atomic E-state index is 13.0. The van der Waals surface area contributed by atoms with Gasteiger partial charge in [0, 0.05) is 43.2 Å². The Kier molecular flexibility index (Phi) is 6.98. The van der Waals surface area contributed by atoms with E-state index in [1.807, 2.05) is 31.2 Å². The first kappa shape index (κ1) is 23.3. The lowest BCUT2D eigenvalue weighted by atomic mass is 9.96. The molecule has 6 heteroatoms. The molecule has 0 radical (unpaired) electrons. The van der Waals surface area contributed by atoms with E-state index in [0.717, 1.165) is 37.4 Å². The van der Waals surface area contributed by atoms with Gasteiger partial charge < -0.3 is 4.90 Å². The Bertz CT molecular complexity index is 1290. The van der Waals surface area contributed by atoms with Crippen molar-refractivity contribution >= 4 is 17.5 Å². The third kappa shape index (κ3) is 5.31. The minimum atomic E-state index is -0.0821. The zero-order valence-corrected chi connectivity index (χ0v) is 20.6. The van der Waals surface area contributed by atoms with Gasteiger partial charge in [-0.1, -0.05) is 84.4 Å². The van der Waals surface area contributed by atoms with Crippen LogP contribution in [0, 0.1) is 6.92 Å². The topological polar surface area (TPSA) is 52.2 Å². The van der Waals surface area contributed by atoms with Crippen molar-refractivity contribution in [3.8, 4) is 0 Å². The monoisotopic (exact) mass is 484 g/mol. The fourth-order valence-electron chi connectivity index (χ4n) is 4.88. The normalized spacial score (nSPS) is 14.4. The Hall–Kier alpha value is -3.41. The Labute approximate surface area is 211 Å². The number of aryl methyl sites for hydroxylation is 1. The van der Waals surface area contributed by atoms with Crippen molar-refractivity contribution in [1.29, 1.82) is 0 Å². The first-order chi connectivity index (χ1) is 17.1. The highest BCUT2D eigenvalue weighted by Gasteiger charge is 2.27. The molecule has 1 aromatic heterocycles. The molecule has 1 fully saturated rings. The van der Waals surface area contributed by atoms with Crippen LogP contribution in [0.15, 0.2) is 89.7 Å². The number of nitrogens with one attached hydrogen (secondary N) is 1. The van der Waals surface area contributed by atoms with Gasteiger partial charge in [-0.25, -0.2) is 4.98 Å². The van der Waals surface area contributed by atoms with E-state index >= 15 is 0 Å². The summed E-state index contributed by atoms with van der Waals surface area (Å²) in [7, 11) is 0. The highest BCUT2D eigenvalue weighted by atomic mass is 35.5. The van der Waals surface area contributed by atoms with Gasteiger partial charge in [-0.2, -0.15) is 0 Å². The van der Waals surface area contributed by atoms with Gasteiger partial charge in [0.2, 0.25) is 5.95 Å². The zero-order valence-electron chi connectivity index (χ0n) is 19.8. The van der Waals surface area contributed by atoms with Crippen LogP contribution in [-0.4, -0.2) is 41.0 Å². The van der Waals surface area contributed by atoms with E-state index in [0.29, 0.717) is 23.0 Å². The average Bonchev–Trinajstić information content (AvgIpc) is 2.88. The number of H-pyrrole nitrogens is 1. The van der Waals surface area contributed by atoms with E-state index in [1.54, 1.807) is 0 Å². The molecule has 0 unspecified atom stereocenters. The molecule has 1 saturated heterocycles. The molecule has 35 heavy (non-hydrogen) atoms. The lowest BCUT2D eigenvalue weighted by Gasteiger charge is -2.40. The number of rotatable bonds is 6. The third-order valence-electron chi connectivity index (χ3n) is 6.69. The van der Waals surface area contributed by atoms with Gasteiger partial charge in [0.1, 0.15) is 0 Å². The summed E-state index contributed by atoms with van der Waals surface area (Å²) in [5.41, 5.74) is 4.95. The highest BCUT2D eigenvalue weighted by Crippen LogP contribution is 2.30. The lowest BCUT2D eigenvalue weighted by Crippen LogP contribution is -2.48. The van der Waals surface area contributed by atoms with E-state index in [1.165, 1.54) is 11.1 Å². The molecular weight excluding hydrogens is 456 g/mol. The molecule has 0 atom stereocenters. The summed E-state index contributed by atoms with van der Waals surface area (Å²) in [6.07, 6.45) is 0.513. The van der Waals surface area contributed by atoms with Crippen molar-refractivity contribution in [1.82, 2.24) is 14.9 Å². The van der Waals surface area contributed by atoms with Crippen LogP contribution in [0.1, 0.15) is 34.0 Å². The van der Waals surface area contributed by atoms with Crippen LogP contribution in [0.25, 0.3) is 0 Å². The van der Waals surface area contributed by atoms with Crippen molar-refractivity contribution in [2.45, 2.75) is 19.4 Å². The number of benzene rings is 3. The largest absolute Gasteiger partial charge is 0.340 e. The summed E-state index contributed by atoms with van der Waals surface area (Å²) in [5.74, 6) is 0.651. The van der Waals surface area contributed by atoms with E-state index < -0.39 is 0 Å². The van der Waals surface area contributed by atoms with Crippen LogP contribution in [0.5, 0.6) is 0 Å². The van der Waals surface area contributed by atoms with Gasteiger partial charge in [0.25, 0.3) is 5.56 Å². The summed E-state index contributed by atoms with van der Waals surface area (Å²) in [6.45, 7) is 5.26. The minimum Gasteiger partial charge on any atom is -0.340 e. The molecule has 1 aliphatic rings. The number of hydrogen-bond donors (Lipinski definition) is 1. The smallest absolute Gasteiger partial charge is 0.256 e. The fourth-order valence-corrected chi connectivity index (χ4v) is 5.09. The number of halogens is 1. The van der Waals surface area contributed by atoms with Crippen LogP contribution in [-0.2, 0) is 6.42 Å². The van der Waals surface area contributed by atoms with Gasteiger partial charge in [0.15, 0.2) is 0 Å². The molecule has 0 saturated carbocycles. The van der Waals surface area contributed by atoms with Crippen LogP contribution in [0.3, 0.4) is 0 Å². The molecule has 1 aliphatic heterocycles. The Morgan fingerprint density at radius 2 is 1.51 bits per heavy atom. The second-order valence-electron chi connectivity index (χ2n) is 9.01. The standard InChI is InChI=1S/C29H29ClN4O/c1-21-26(20-22-9-8-14-25(30)19-22)28(35)32-29(31-21)34-17-15-33(16-18-34)27(23-10-4-2-5-11-23)24-12-6-3-7-13-24/h2-14,19,27H,15-18,20H2,1H3,(H,31,32,35). The van der Waals surface area contributed by atoms with Gasteiger partial charge in [-0.05, 0) is 35.7 Å². The molecule has 0 aliphatic carbocycles. The summed E-state index contributed by atoms with van der Waals surface area (Å²) >= 11 is 6.12. The predicted molar refractivity (Wildman–Crippen MR) is 142 cm³/mol. The fraction of sp³-hybridized carbons (Fsp3) is 0.241. The van der Waals surface area contributed by atoms with Gasteiger partial charge >= 0.3 is 0 Å². The van der Waals surface area contributed by atoms with Crippen LogP contribution in [0.4, 0.5) is 5.95 Å². The molecule has 0 bridgehead atoms. The zero-order chi connectivity index (χ0) is 24.2. The number of hydrogen-bond acceptors (Lipinski definition) is 4. The Balaban J connectivity index is 1.33. The Morgan fingerprint density at radius 3 is 2.09 bits per heavy atom. The molecule has 0 amide bonds. The van der Waals surface area contributed by atoms with E-state index in [2.05, 4.69) is 75.4 Å². The maximum Gasteiger partial charge on any atom is 0.256 e. The first-order valence-corrected chi connectivity index (χ1v) is 12.4. The maximum absolute atomic E-state index is 13.0. The minimum absolute atomic E-state index is 0.0821. The number of aromatic amines is 1. The second kappa shape index (κ2) is 10.5. The first-order valence-electron chi connectivity index (χ1n) is 12.0. The molecule has 1 N–H and O–H groups in total. The average molecular weight is 485 g/mol. The summed E-state index contributed by atoms with van der Waals surface area (Å²) in [5, 5.41) is 0.670. The second-order valence-corrected chi connectivity index (χ2v) is 9.44. The predicted octanol–water partition coefficient (Wildman–Crippen LogP) is 5.23. The number of aromatic nitrogens is 2. The van der Waals surface area contributed by atoms with Crippen LogP contribution in [0.2, 0.25) is 5.02 Å². The molecule has 5 nitrogen and oxygen atoms in total. The molecule has 2 heterocycles. The number of piperazine rings is 1. The van der Waals surface area contributed by atoms with Gasteiger partial charge in [-0.15, -0.1) is 0 Å². The molecule has 0 spiro atoms. The van der Waals surface area contributed by atoms with Crippen molar-refractivity contribution in [3.63, 3.8) is 0 Å². The van der Waals surface area contributed by atoms with Crippen LogP contribution < -0.4 is 10.5 Å². The van der Waals surface area contributed by atoms with Gasteiger partial charge in [0.05, 0.1) is 11.7 Å². The van der Waals surface area contributed by atoms with Crippen molar-refractivity contribution in [2.75, 3.05) is 31.1 Å². The number of nitrogens with zero attached hydrogens (tertiary/aromatic N) is 3. The third-order valence-corrected chi connectivity index (χ3v) is 6.92. The highest BCUT2D eigenvalue weighted by molar-refractivity contribution is 6.30. The molecule has 3 aromatic carbocycles.